The van der Waals surface area contributed by atoms with Crippen molar-refractivity contribution in [1.29, 1.82) is 0 Å². The summed E-state index contributed by atoms with van der Waals surface area (Å²) in [6, 6.07) is 0. The smallest absolute Gasteiger partial charge is 0.225 e. The van der Waals surface area contributed by atoms with Gasteiger partial charge < -0.3 is 15.1 Å². The Morgan fingerprint density at radius 3 is 2.46 bits per heavy atom. The largest absolute Gasteiger partial charge is 0.355 e. The molecule has 0 aromatic rings. The fourth-order valence-electron chi connectivity index (χ4n) is 3.85. The monoisotopic (exact) mass is 449 g/mol. The SMILES string of the molecule is CN1CCN=C1NCCN1CCN(C(=O)C2CCCCC2)CC1.I. The Morgan fingerprint density at radius 1 is 1.12 bits per heavy atom. The summed E-state index contributed by atoms with van der Waals surface area (Å²) < 4.78 is 0. The third-order valence-electron chi connectivity index (χ3n) is 5.41. The first kappa shape index (κ1) is 19.8. The fraction of sp³-hybridized carbons (Fsp3) is 0.882. The molecule has 7 heteroatoms. The number of guanidine groups is 1. The van der Waals surface area contributed by atoms with Crippen LogP contribution in [-0.2, 0) is 4.79 Å². The number of amides is 1. The maximum atomic E-state index is 12.6. The summed E-state index contributed by atoms with van der Waals surface area (Å²) >= 11 is 0. The van der Waals surface area contributed by atoms with Crippen LogP contribution in [0.1, 0.15) is 32.1 Å². The molecule has 0 spiro atoms. The first-order chi connectivity index (χ1) is 11.2. The first-order valence-corrected chi connectivity index (χ1v) is 9.24. The van der Waals surface area contributed by atoms with Gasteiger partial charge in [-0.2, -0.15) is 0 Å². The lowest BCUT2D eigenvalue weighted by atomic mass is 9.88. The molecule has 2 heterocycles. The number of carbonyl (C=O) groups excluding carboxylic acids is 1. The van der Waals surface area contributed by atoms with Crippen molar-refractivity contribution in [2.45, 2.75) is 32.1 Å². The van der Waals surface area contributed by atoms with Gasteiger partial charge in [0.2, 0.25) is 5.91 Å². The van der Waals surface area contributed by atoms with Crippen LogP contribution in [0.5, 0.6) is 0 Å². The van der Waals surface area contributed by atoms with Crippen LogP contribution in [0.4, 0.5) is 0 Å². The number of carbonyl (C=O) groups is 1. The Kier molecular flexibility index (Phi) is 8.06. The van der Waals surface area contributed by atoms with E-state index in [-0.39, 0.29) is 24.0 Å². The standard InChI is InChI=1S/C17H31N5O.HI/c1-20-9-7-18-17(20)19-8-10-21-11-13-22(14-12-21)16(23)15-5-3-2-4-6-15;/h15H,2-14H2,1H3,(H,18,19);1H. The van der Waals surface area contributed by atoms with Crippen LogP contribution in [0.15, 0.2) is 4.99 Å². The number of rotatable bonds is 4. The van der Waals surface area contributed by atoms with Gasteiger partial charge >= 0.3 is 0 Å². The molecule has 6 nitrogen and oxygen atoms in total. The van der Waals surface area contributed by atoms with Crippen LogP contribution in [0, 0.1) is 5.92 Å². The highest BCUT2D eigenvalue weighted by molar-refractivity contribution is 14.0. The molecule has 138 valence electrons. The lowest BCUT2D eigenvalue weighted by Gasteiger charge is -2.37. The average molecular weight is 449 g/mol. The van der Waals surface area contributed by atoms with Crippen LogP contribution in [0.3, 0.4) is 0 Å². The highest BCUT2D eigenvalue weighted by Gasteiger charge is 2.28. The van der Waals surface area contributed by atoms with Crippen molar-refractivity contribution in [3.05, 3.63) is 0 Å². The molecule has 1 aliphatic carbocycles. The molecule has 1 saturated carbocycles. The molecule has 2 aliphatic heterocycles. The van der Waals surface area contributed by atoms with Crippen LogP contribution in [0.25, 0.3) is 0 Å². The number of piperazine rings is 1. The molecule has 0 aromatic carbocycles. The quantitative estimate of drug-likeness (QED) is 0.656. The number of halogens is 1. The molecule has 1 saturated heterocycles. The predicted octanol–water partition coefficient (Wildman–Crippen LogP) is 1.22. The van der Waals surface area contributed by atoms with Crippen molar-refractivity contribution in [1.82, 2.24) is 20.0 Å². The van der Waals surface area contributed by atoms with E-state index in [4.69, 9.17) is 0 Å². The van der Waals surface area contributed by atoms with Gasteiger partial charge in [0.05, 0.1) is 6.54 Å². The molecule has 2 fully saturated rings. The minimum absolute atomic E-state index is 0. The van der Waals surface area contributed by atoms with Crippen LogP contribution >= 0.6 is 24.0 Å². The fourth-order valence-corrected chi connectivity index (χ4v) is 3.85. The number of nitrogens with one attached hydrogen (secondary N) is 1. The van der Waals surface area contributed by atoms with Crippen molar-refractivity contribution in [3.8, 4) is 0 Å². The second-order valence-corrected chi connectivity index (χ2v) is 7.06. The van der Waals surface area contributed by atoms with E-state index in [0.29, 0.717) is 11.8 Å². The average Bonchev–Trinajstić information content (AvgIpc) is 3.01. The molecule has 24 heavy (non-hydrogen) atoms. The van der Waals surface area contributed by atoms with Crippen molar-refractivity contribution < 1.29 is 4.79 Å². The number of nitrogens with zero attached hydrogens (tertiary/aromatic N) is 4. The second-order valence-electron chi connectivity index (χ2n) is 7.06. The normalized spacial score (nSPS) is 23.0. The van der Waals surface area contributed by atoms with Crippen molar-refractivity contribution in [3.63, 3.8) is 0 Å². The molecular formula is C17H32IN5O. The number of hydrogen-bond donors (Lipinski definition) is 1. The van der Waals surface area contributed by atoms with Gasteiger partial charge in [-0.05, 0) is 12.8 Å². The van der Waals surface area contributed by atoms with E-state index in [1.165, 1.54) is 19.3 Å². The molecule has 0 radical (unpaired) electrons. The lowest BCUT2D eigenvalue weighted by molar-refractivity contribution is -0.138. The number of likely N-dealkylation sites (N-methyl/N-ethyl adjacent to an activating group) is 1. The van der Waals surface area contributed by atoms with E-state index in [1.54, 1.807) is 0 Å². The van der Waals surface area contributed by atoms with Gasteiger partial charge in [-0.15, -0.1) is 24.0 Å². The van der Waals surface area contributed by atoms with Crippen LogP contribution in [-0.4, -0.2) is 86.0 Å². The zero-order valence-electron chi connectivity index (χ0n) is 14.9. The lowest BCUT2D eigenvalue weighted by Crippen LogP contribution is -2.52. The maximum Gasteiger partial charge on any atom is 0.225 e. The molecule has 1 amide bonds. The topological polar surface area (TPSA) is 51.2 Å². The zero-order valence-corrected chi connectivity index (χ0v) is 17.2. The van der Waals surface area contributed by atoms with Gasteiger partial charge in [0.25, 0.3) is 0 Å². The Hall–Kier alpha value is -0.570. The summed E-state index contributed by atoms with van der Waals surface area (Å²) in [6.45, 7) is 7.68. The third-order valence-corrected chi connectivity index (χ3v) is 5.41. The molecule has 0 aromatic heterocycles. The highest BCUT2D eigenvalue weighted by atomic mass is 127. The summed E-state index contributed by atoms with van der Waals surface area (Å²) in [4.78, 5) is 23.7. The van der Waals surface area contributed by atoms with Crippen LogP contribution < -0.4 is 5.32 Å². The maximum absolute atomic E-state index is 12.6. The summed E-state index contributed by atoms with van der Waals surface area (Å²) in [5.41, 5.74) is 0. The molecule has 3 rings (SSSR count). The molecule has 0 unspecified atom stereocenters. The Bertz CT molecular complexity index is 431. The predicted molar refractivity (Wildman–Crippen MR) is 108 cm³/mol. The van der Waals surface area contributed by atoms with E-state index in [1.807, 2.05) is 0 Å². The first-order valence-electron chi connectivity index (χ1n) is 9.24. The highest BCUT2D eigenvalue weighted by Crippen LogP contribution is 2.25. The number of aliphatic imine (C=N–C) groups is 1. The Morgan fingerprint density at radius 2 is 1.83 bits per heavy atom. The van der Waals surface area contributed by atoms with E-state index in [0.717, 1.165) is 71.2 Å². The summed E-state index contributed by atoms with van der Waals surface area (Å²) in [5.74, 6) is 1.76. The van der Waals surface area contributed by atoms with Gasteiger partial charge in [0, 0.05) is 58.8 Å². The van der Waals surface area contributed by atoms with Gasteiger partial charge in [0.15, 0.2) is 5.96 Å². The molecule has 0 bridgehead atoms. The van der Waals surface area contributed by atoms with Gasteiger partial charge in [-0.25, -0.2) is 0 Å². The van der Waals surface area contributed by atoms with Crippen molar-refractivity contribution in [2.24, 2.45) is 10.9 Å². The molecule has 3 aliphatic rings. The zero-order chi connectivity index (χ0) is 16.1. The van der Waals surface area contributed by atoms with Crippen molar-refractivity contribution >= 4 is 35.8 Å². The van der Waals surface area contributed by atoms with E-state index in [9.17, 15) is 4.79 Å². The second kappa shape index (κ2) is 9.79. The summed E-state index contributed by atoms with van der Waals surface area (Å²) in [7, 11) is 2.08. The van der Waals surface area contributed by atoms with E-state index < -0.39 is 0 Å². The minimum atomic E-state index is 0. The van der Waals surface area contributed by atoms with E-state index >= 15 is 0 Å². The summed E-state index contributed by atoms with van der Waals surface area (Å²) in [6.07, 6.45) is 6.00. The third kappa shape index (κ3) is 5.21. The van der Waals surface area contributed by atoms with Gasteiger partial charge in [0.1, 0.15) is 0 Å². The molecule has 1 N–H and O–H groups in total. The van der Waals surface area contributed by atoms with Crippen LogP contribution in [0.2, 0.25) is 0 Å². The van der Waals surface area contributed by atoms with Gasteiger partial charge in [-0.3, -0.25) is 14.7 Å². The molecule has 0 atom stereocenters. The van der Waals surface area contributed by atoms with Crippen molar-refractivity contribution in [2.75, 3.05) is 59.4 Å². The minimum Gasteiger partial charge on any atom is -0.355 e. The molecular weight excluding hydrogens is 417 g/mol. The Labute approximate surface area is 163 Å². The summed E-state index contributed by atoms with van der Waals surface area (Å²) in [5, 5.41) is 3.42. The number of hydrogen-bond acceptors (Lipinski definition) is 5. The van der Waals surface area contributed by atoms with Gasteiger partial charge in [-0.1, -0.05) is 19.3 Å². The Balaban J connectivity index is 0.00000208. The van der Waals surface area contributed by atoms with E-state index in [2.05, 4.69) is 32.1 Å².